The number of ether oxygens (including phenoxy) is 2. The summed E-state index contributed by atoms with van der Waals surface area (Å²) in [6.07, 6.45) is 2.44. The molecule has 2 aliphatic rings. The Labute approximate surface area is 160 Å². The molecule has 27 heavy (non-hydrogen) atoms. The standard InChI is InChI=1S/C22H26N2O3/c1-15-5-6-18(13-19(15)24-9-3-4-10-24)22(25)23-16(2)17-7-8-20-21(14-17)27-12-11-26-20/h5-8,13-14,16H,3-4,9-12H2,1-2H3,(H,23,25)/t16-/m0/s1. The van der Waals surface area contributed by atoms with Crippen LogP contribution in [0, 0.1) is 6.92 Å². The second-order valence-corrected chi connectivity index (χ2v) is 7.29. The van der Waals surface area contributed by atoms with Crippen molar-refractivity contribution in [3.63, 3.8) is 0 Å². The van der Waals surface area contributed by atoms with Crippen LogP contribution >= 0.6 is 0 Å². The first kappa shape index (κ1) is 17.7. The molecule has 0 aliphatic carbocycles. The van der Waals surface area contributed by atoms with Crippen molar-refractivity contribution in [2.75, 3.05) is 31.2 Å². The van der Waals surface area contributed by atoms with Gasteiger partial charge in [-0.05, 0) is 62.1 Å². The van der Waals surface area contributed by atoms with E-state index >= 15 is 0 Å². The Bertz CT molecular complexity index is 843. The fourth-order valence-corrected chi connectivity index (χ4v) is 3.74. The largest absolute Gasteiger partial charge is 0.486 e. The van der Waals surface area contributed by atoms with E-state index in [2.05, 4.69) is 17.1 Å². The maximum absolute atomic E-state index is 12.8. The number of amides is 1. The Balaban J connectivity index is 1.49. The predicted molar refractivity (Wildman–Crippen MR) is 106 cm³/mol. The van der Waals surface area contributed by atoms with Crippen LogP contribution in [0.4, 0.5) is 5.69 Å². The van der Waals surface area contributed by atoms with Crippen LogP contribution in [-0.2, 0) is 0 Å². The topological polar surface area (TPSA) is 50.8 Å². The van der Waals surface area contributed by atoms with Crippen molar-refractivity contribution in [2.24, 2.45) is 0 Å². The number of rotatable bonds is 4. The molecule has 1 atom stereocenters. The van der Waals surface area contributed by atoms with Crippen LogP contribution in [0.3, 0.4) is 0 Å². The Morgan fingerprint density at radius 2 is 1.78 bits per heavy atom. The van der Waals surface area contributed by atoms with Crippen molar-refractivity contribution < 1.29 is 14.3 Å². The summed E-state index contributed by atoms with van der Waals surface area (Å²) in [6.45, 7) is 7.36. The van der Waals surface area contributed by atoms with Crippen molar-refractivity contribution in [3.05, 3.63) is 53.1 Å². The zero-order valence-corrected chi connectivity index (χ0v) is 16.0. The third-order valence-corrected chi connectivity index (χ3v) is 5.33. The molecule has 0 saturated carbocycles. The van der Waals surface area contributed by atoms with E-state index in [1.165, 1.54) is 24.1 Å². The molecule has 5 heteroatoms. The third kappa shape index (κ3) is 3.72. The van der Waals surface area contributed by atoms with Crippen LogP contribution in [0.2, 0.25) is 0 Å². The number of carbonyl (C=O) groups is 1. The van der Waals surface area contributed by atoms with E-state index < -0.39 is 0 Å². The van der Waals surface area contributed by atoms with Gasteiger partial charge in [-0.25, -0.2) is 0 Å². The minimum Gasteiger partial charge on any atom is -0.486 e. The molecule has 0 spiro atoms. The van der Waals surface area contributed by atoms with Crippen LogP contribution in [0.5, 0.6) is 11.5 Å². The zero-order chi connectivity index (χ0) is 18.8. The Kier molecular flexibility index (Phi) is 4.92. The van der Waals surface area contributed by atoms with E-state index in [1.54, 1.807) is 0 Å². The van der Waals surface area contributed by atoms with Crippen LogP contribution < -0.4 is 19.7 Å². The highest BCUT2D eigenvalue weighted by atomic mass is 16.6. The molecule has 1 fully saturated rings. The number of nitrogens with zero attached hydrogens (tertiary/aromatic N) is 1. The minimum absolute atomic E-state index is 0.0576. The molecule has 142 valence electrons. The molecule has 1 amide bonds. The van der Waals surface area contributed by atoms with Crippen molar-refractivity contribution in [1.82, 2.24) is 5.32 Å². The molecule has 2 heterocycles. The van der Waals surface area contributed by atoms with E-state index in [0.717, 1.165) is 30.2 Å². The summed E-state index contributed by atoms with van der Waals surface area (Å²) in [7, 11) is 0. The van der Waals surface area contributed by atoms with Gasteiger partial charge in [-0.2, -0.15) is 0 Å². The van der Waals surface area contributed by atoms with E-state index in [4.69, 9.17) is 9.47 Å². The molecule has 0 aromatic heterocycles. The number of carbonyl (C=O) groups excluding carboxylic acids is 1. The van der Waals surface area contributed by atoms with Gasteiger partial charge in [0.15, 0.2) is 11.5 Å². The first-order chi connectivity index (χ1) is 13.1. The van der Waals surface area contributed by atoms with Crippen molar-refractivity contribution in [3.8, 4) is 11.5 Å². The maximum atomic E-state index is 12.8. The lowest BCUT2D eigenvalue weighted by Crippen LogP contribution is -2.27. The highest BCUT2D eigenvalue weighted by molar-refractivity contribution is 5.95. The molecule has 0 bridgehead atoms. The molecule has 2 aromatic rings. The summed E-state index contributed by atoms with van der Waals surface area (Å²) in [5, 5.41) is 3.10. The average Bonchev–Trinajstić information content (AvgIpc) is 3.22. The monoisotopic (exact) mass is 366 g/mol. The zero-order valence-electron chi connectivity index (χ0n) is 16.0. The van der Waals surface area contributed by atoms with Gasteiger partial charge in [0.1, 0.15) is 13.2 Å². The molecule has 1 N–H and O–H groups in total. The number of fused-ring (bicyclic) bond motifs is 1. The van der Waals surface area contributed by atoms with Gasteiger partial charge in [0, 0.05) is 24.3 Å². The number of benzene rings is 2. The van der Waals surface area contributed by atoms with Crippen LogP contribution in [0.1, 0.15) is 47.3 Å². The van der Waals surface area contributed by atoms with Gasteiger partial charge in [-0.15, -0.1) is 0 Å². The molecule has 1 saturated heterocycles. The number of aryl methyl sites for hydroxylation is 1. The fourth-order valence-electron chi connectivity index (χ4n) is 3.74. The number of anilines is 1. The first-order valence-electron chi connectivity index (χ1n) is 9.68. The van der Waals surface area contributed by atoms with Crippen molar-refractivity contribution in [2.45, 2.75) is 32.7 Å². The van der Waals surface area contributed by atoms with Gasteiger partial charge in [0.05, 0.1) is 6.04 Å². The van der Waals surface area contributed by atoms with E-state index in [9.17, 15) is 4.79 Å². The summed E-state index contributed by atoms with van der Waals surface area (Å²) in [5.41, 5.74) is 4.09. The van der Waals surface area contributed by atoms with E-state index in [-0.39, 0.29) is 11.9 Å². The molecule has 0 radical (unpaired) electrons. The summed E-state index contributed by atoms with van der Waals surface area (Å²) < 4.78 is 11.2. The quantitative estimate of drug-likeness (QED) is 0.893. The first-order valence-corrected chi connectivity index (χ1v) is 9.68. The molecule has 4 rings (SSSR count). The minimum atomic E-state index is -0.120. The van der Waals surface area contributed by atoms with Crippen molar-refractivity contribution in [1.29, 1.82) is 0 Å². The van der Waals surface area contributed by atoms with Gasteiger partial charge in [0.25, 0.3) is 5.91 Å². The predicted octanol–water partition coefficient (Wildman–Crippen LogP) is 3.86. The van der Waals surface area contributed by atoms with Gasteiger partial charge < -0.3 is 19.7 Å². The lowest BCUT2D eigenvalue weighted by molar-refractivity contribution is 0.0939. The second kappa shape index (κ2) is 7.51. The highest BCUT2D eigenvalue weighted by Gasteiger charge is 2.19. The maximum Gasteiger partial charge on any atom is 0.251 e. The fraction of sp³-hybridized carbons (Fsp3) is 0.409. The van der Waals surface area contributed by atoms with Crippen LogP contribution in [-0.4, -0.2) is 32.2 Å². The normalized spacial score (nSPS) is 16.9. The van der Waals surface area contributed by atoms with Crippen LogP contribution in [0.15, 0.2) is 36.4 Å². The molecule has 2 aromatic carbocycles. The van der Waals surface area contributed by atoms with Gasteiger partial charge in [0.2, 0.25) is 0 Å². The van der Waals surface area contributed by atoms with Gasteiger partial charge in [-0.3, -0.25) is 4.79 Å². The van der Waals surface area contributed by atoms with E-state index in [1.807, 2.05) is 43.3 Å². The van der Waals surface area contributed by atoms with Crippen LogP contribution in [0.25, 0.3) is 0 Å². The molecular weight excluding hydrogens is 340 g/mol. The highest BCUT2D eigenvalue weighted by Crippen LogP contribution is 2.32. The molecule has 0 unspecified atom stereocenters. The smallest absolute Gasteiger partial charge is 0.251 e. The average molecular weight is 366 g/mol. The van der Waals surface area contributed by atoms with Crippen molar-refractivity contribution >= 4 is 11.6 Å². The molecular formula is C22H26N2O3. The molecule has 5 nitrogen and oxygen atoms in total. The third-order valence-electron chi connectivity index (χ3n) is 5.33. The van der Waals surface area contributed by atoms with E-state index in [0.29, 0.717) is 18.8 Å². The Hall–Kier alpha value is -2.69. The summed E-state index contributed by atoms with van der Waals surface area (Å²) >= 11 is 0. The lowest BCUT2D eigenvalue weighted by Gasteiger charge is -2.22. The van der Waals surface area contributed by atoms with Gasteiger partial charge in [-0.1, -0.05) is 12.1 Å². The summed E-state index contributed by atoms with van der Waals surface area (Å²) in [5.74, 6) is 1.45. The molecule has 2 aliphatic heterocycles. The number of hydrogen-bond acceptors (Lipinski definition) is 4. The summed E-state index contributed by atoms with van der Waals surface area (Å²) in [6, 6.07) is 11.7. The lowest BCUT2D eigenvalue weighted by atomic mass is 10.1. The Morgan fingerprint density at radius 1 is 1.04 bits per heavy atom. The number of hydrogen-bond donors (Lipinski definition) is 1. The number of nitrogens with one attached hydrogen (secondary N) is 1. The SMILES string of the molecule is Cc1ccc(C(=O)N[C@@H](C)c2ccc3c(c2)OCCO3)cc1N1CCCC1. The summed E-state index contributed by atoms with van der Waals surface area (Å²) in [4.78, 5) is 15.2. The van der Waals surface area contributed by atoms with Gasteiger partial charge >= 0.3 is 0 Å². The Morgan fingerprint density at radius 3 is 2.56 bits per heavy atom. The second-order valence-electron chi connectivity index (χ2n) is 7.29.